The van der Waals surface area contributed by atoms with Gasteiger partial charge in [-0.3, -0.25) is 0 Å². The summed E-state index contributed by atoms with van der Waals surface area (Å²) in [7, 11) is 0. The molecule has 0 saturated carbocycles. The fourth-order valence-corrected chi connectivity index (χ4v) is 1.71. The van der Waals surface area contributed by atoms with Gasteiger partial charge in [-0.2, -0.15) is 11.8 Å². The van der Waals surface area contributed by atoms with E-state index in [0.29, 0.717) is 5.25 Å². The average molecular weight is 224 g/mol. The van der Waals surface area contributed by atoms with Crippen LogP contribution in [0.25, 0.3) is 0 Å². The summed E-state index contributed by atoms with van der Waals surface area (Å²) >= 11 is 1.90. The highest BCUT2D eigenvalue weighted by Gasteiger charge is 2.01. The smallest absolute Gasteiger partial charge is 0.0390 e. The zero-order valence-electron chi connectivity index (χ0n) is 9.71. The van der Waals surface area contributed by atoms with Crippen molar-refractivity contribution in [1.82, 2.24) is 0 Å². The summed E-state index contributed by atoms with van der Waals surface area (Å²) < 4.78 is 0. The Balaban J connectivity index is 2.46. The van der Waals surface area contributed by atoms with E-state index in [1.165, 1.54) is 12.0 Å². The van der Waals surface area contributed by atoms with Crippen molar-refractivity contribution >= 4 is 23.1 Å². The summed E-state index contributed by atoms with van der Waals surface area (Å²) in [6.45, 7) is 5.35. The van der Waals surface area contributed by atoms with Crippen molar-refractivity contribution in [3.8, 4) is 0 Å². The molecule has 1 aromatic rings. The number of nitrogen functional groups attached to an aromatic ring is 1. The molecule has 0 heterocycles. The molecule has 3 N–H and O–H groups in total. The van der Waals surface area contributed by atoms with Gasteiger partial charge in [-0.15, -0.1) is 0 Å². The molecule has 0 radical (unpaired) electrons. The van der Waals surface area contributed by atoms with Gasteiger partial charge in [0.2, 0.25) is 0 Å². The number of anilines is 2. The summed E-state index contributed by atoms with van der Waals surface area (Å²) in [6, 6.07) is 5.99. The van der Waals surface area contributed by atoms with Crippen LogP contribution in [0.1, 0.15) is 18.9 Å². The van der Waals surface area contributed by atoms with Crippen molar-refractivity contribution in [1.29, 1.82) is 0 Å². The van der Waals surface area contributed by atoms with Gasteiger partial charge in [-0.05, 0) is 37.3 Å². The van der Waals surface area contributed by atoms with Crippen LogP contribution in [0.3, 0.4) is 0 Å². The lowest BCUT2D eigenvalue weighted by Gasteiger charge is -2.12. The lowest BCUT2D eigenvalue weighted by Crippen LogP contribution is -2.08. The number of hydrogen-bond donors (Lipinski definition) is 2. The maximum atomic E-state index is 5.74. The van der Waals surface area contributed by atoms with Crippen LogP contribution in [0.4, 0.5) is 11.4 Å². The number of benzene rings is 1. The van der Waals surface area contributed by atoms with Crippen LogP contribution in [0.2, 0.25) is 0 Å². The van der Waals surface area contributed by atoms with Gasteiger partial charge < -0.3 is 11.1 Å². The molecule has 1 rings (SSSR count). The fraction of sp³-hybridized carbons (Fsp3) is 0.500. The molecule has 0 fully saturated rings. The number of thioether (sulfide) groups is 1. The highest BCUT2D eigenvalue weighted by atomic mass is 32.2. The number of rotatable bonds is 5. The Morgan fingerprint density at radius 2 is 2.20 bits per heavy atom. The van der Waals surface area contributed by atoms with Gasteiger partial charge in [0.15, 0.2) is 0 Å². The minimum atomic E-state index is 0.707. The van der Waals surface area contributed by atoms with E-state index in [1.807, 2.05) is 23.9 Å². The first kappa shape index (κ1) is 12.2. The average Bonchev–Trinajstić information content (AvgIpc) is 2.23. The maximum absolute atomic E-state index is 5.74. The normalized spacial score (nSPS) is 12.5. The van der Waals surface area contributed by atoms with E-state index in [2.05, 4.69) is 31.5 Å². The quantitative estimate of drug-likeness (QED) is 0.755. The molecule has 15 heavy (non-hydrogen) atoms. The van der Waals surface area contributed by atoms with Gasteiger partial charge >= 0.3 is 0 Å². The molecule has 0 aliphatic heterocycles. The minimum Gasteiger partial charge on any atom is -0.399 e. The van der Waals surface area contributed by atoms with Crippen LogP contribution in [0.5, 0.6) is 0 Å². The first-order chi connectivity index (χ1) is 7.13. The Labute approximate surface area is 96.6 Å². The largest absolute Gasteiger partial charge is 0.399 e. The van der Waals surface area contributed by atoms with Gasteiger partial charge in [0.25, 0.3) is 0 Å². The molecule has 1 aromatic carbocycles. The Morgan fingerprint density at radius 3 is 2.87 bits per heavy atom. The monoisotopic (exact) mass is 224 g/mol. The summed E-state index contributed by atoms with van der Waals surface area (Å²) in [6.07, 6.45) is 3.33. The van der Waals surface area contributed by atoms with E-state index in [0.717, 1.165) is 17.9 Å². The van der Waals surface area contributed by atoms with Gasteiger partial charge in [-0.25, -0.2) is 0 Å². The second-order valence-electron chi connectivity index (χ2n) is 3.84. The molecule has 0 aliphatic carbocycles. The molecule has 0 spiro atoms. The van der Waals surface area contributed by atoms with Crippen LogP contribution in [0.15, 0.2) is 18.2 Å². The molecule has 0 bridgehead atoms. The SMILES string of the molecule is CSC(C)CCNc1cc(N)ccc1C. The van der Waals surface area contributed by atoms with E-state index in [-0.39, 0.29) is 0 Å². The van der Waals surface area contributed by atoms with E-state index in [1.54, 1.807) is 0 Å². The first-order valence-corrected chi connectivity index (χ1v) is 6.55. The van der Waals surface area contributed by atoms with Gasteiger partial charge in [0.05, 0.1) is 0 Å². The predicted molar refractivity (Wildman–Crippen MR) is 71.7 cm³/mol. The molecule has 0 saturated heterocycles. The first-order valence-electron chi connectivity index (χ1n) is 5.26. The van der Waals surface area contributed by atoms with Gasteiger partial charge in [-0.1, -0.05) is 13.0 Å². The van der Waals surface area contributed by atoms with Crippen molar-refractivity contribution < 1.29 is 0 Å². The van der Waals surface area contributed by atoms with Crippen LogP contribution in [0, 0.1) is 6.92 Å². The van der Waals surface area contributed by atoms with E-state index in [9.17, 15) is 0 Å². The third-order valence-corrected chi connectivity index (χ3v) is 3.57. The lowest BCUT2D eigenvalue weighted by molar-refractivity contribution is 0.853. The second kappa shape index (κ2) is 5.91. The molecular formula is C12H20N2S. The van der Waals surface area contributed by atoms with Crippen LogP contribution >= 0.6 is 11.8 Å². The molecule has 0 aromatic heterocycles. The summed E-state index contributed by atoms with van der Waals surface area (Å²) in [5.41, 5.74) is 8.97. The zero-order valence-corrected chi connectivity index (χ0v) is 10.5. The minimum absolute atomic E-state index is 0.707. The maximum Gasteiger partial charge on any atom is 0.0390 e. The van der Waals surface area contributed by atoms with E-state index < -0.39 is 0 Å². The molecular weight excluding hydrogens is 204 g/mol. The van der Waals surface area contributed by atoms with Crippen molar-refractivity contribution in [2.24, 2.45) is 0 Å². The number of nitrogens with two attached hydrogens (primary N) is 1. The van der Waals surface area contributed by atoms with Crippen molar-refractivity contribution in [2.45, 2.75) is 25.5 Å². The van der Waals surface area contributed by atoms with E-state index in [4.69, 9.17) is 5.73 Å². The zero-order chi connectivity index (χ0) is 11.3. The molecule has 0 aliphatic rings. The Kier molecular flexibility index (Phi) is 4.82. The third-order valence-electron chi connectivity index (χ3n) is 2.53. The van der Waals surface area contributed by atoms with E-state index >= 15 is 0 Å². The lowest BCUT2D eigenvalue weighted by atomic mass is 10.2. The molecule has 0 amide bonds. The van der Waals surface area contributed by atoms with Crippen molar-refractivity contribution in [2.75, 3.05) is 23.9 Å². The summed E-state index contributed by atoms with van der Waals surface area (Å²) in [5.74, 6) is 0. The van der Waals surface area contributed by atoms with Crippen molar-refractivity contribution in [3.05, 3.63) is 23.8 Å². The Morgan fingerprint density at radius 1 is 1.47 bits per heavy atom. The highest BCUT2D eigenvalue weighted by molar-refractivity contribution is 7.99. The third kappa shape index (κ3) is 4.04. The van der Waals surface area contributed by atoms with Crippen LogP contribution in [-0.4, -0.2) is 18.1 Å². The topological polar surface area (TPSA) is 38.0 Å². The van der Waals surface area contributed by atoms with Crippen LogP contribution < -0.4 is 11.1 Å². The predicted octanol–water partition coefficient (Wildman–Crippen LogP) is 3.13. The molecule has 2 nitrogen and oxygen atoms in total. The van der Waals surface area contributed by atoms with Crippen molar-refractivity contribution in [3.63, 3.8) is 0 Å². The van der Waals surface area contributed by atoms with Gasteiger partial charge in [0.1, 0.15) is 0 Å². The number of nitrogens with one attached hydrogen (secondary N) is 1. The molecule has 1 atom stereocenters. The molecule has 1 unspecified atom stereocenters. The summed E-state index contributed by atoms with van der Waals surface area (Å²) in [4.78, 5) is 0. The Hall–Kier alpha value is -0.830. The molecule has 3 heteroatoms. The fourth-order valence-electron chi connectivity index (χ4n) is 1.36. The molecule has 84 valence electrons. The van der Waals surface area contributed by atoms with Crippen LogP contribution in [-0.2, 0) is 0 Å². The number of aryl methyl sites for hydroxylation is 1. The number of hydrogen-bond acceptors (Lipinski definition) is 3. The summed E-state index contributed by atoms with van der Waals surface area (Å²) in [5, 5.41) is 4.13. The Bertz CT molecular complexity index is 312. The standard InChI is InChI=1S/C12H20N2S/c1-9-4-5-11(13)8-12(9)14-7-6-10(2)15-3/h4-5,8,10,14H,6-7,13H2,1-3H3. The second-order valence-corrected chi connectivity index (χ2v) is 5.11. The highest BCUT2D eigenvalue weighted by Crippen LogP contribution is 2.18. The van der Waals surface area contributed by atoms with Gasteiger partial charge in [0, 0.05) is 23.2 Å².